The van der Waals surface area contributed by atoms with Gasteiger partial charge in [0.1, 0.15) is 5.75 Å². The number of hydrogen-bond donors (Lipinski definition) is 1. The molecule has 18 heavy (non-hydrogen) atoms. The fraction of sp³-hybridized carbons (Fsp3) is 0.625. The summed E-state index contributed by atoms with van der Waals surface area (Å²) < 4.78 is 5.74. The molecular weight excluding hydrogens is 222 g/mol. The zero-order valence-electron chi connectivity index (χ0n) is 11.6. The molecule has 2 heteroatoms. The van der Waals surface area contributed by atoms with Gasteiger partial charge in [-0.2, -0.15) is 0 Å². The summed E-state index contributed by atoms with van der Waals surface area (Å²) in [7, 11) is 0. The summed E-state index contributed by atoms with van der Waals surface area (Å²) in [5, 5.41) is 3.53. The Hall–Kier alpha value is -1.18. The van der Waals surface area contributed by atoms with E-state index in [0.29, 0.717) is 5.92 Å². The summed E-state index contributed by atoms with van der Waals surface area (Å²) in [6, 6.07) is 8.32. The Kier molecular flexibility index (Phi) is 4.91. The van der Waals surface area contributed by atoms with Gasteiger partial charge in [-0.3, -0.25) is 0 Å². The van der Waals surface area contributed by atoms with E-state index in [0.717, 1.165) is 24.8 Å². The summed E-state index contributed by atoms with van der Waals surface area (Å²) in [5.41, 5.74) is 1.18. The topological polar surface area (TPSA) is 21.3 Å². The minimum absolute atomic E-state index is 0.570. The van der Waals surface area contributed by atoms with Crippen molar-refractivity contribution < 1.29 is 4.74 Å². The second kappa shape index (κ2) is 6.67. The van der Waals surface area contributed by atoms with Crippen molar-refractivity contribution in [2.45, 2.75) is 39.5 Å². The Morgan fingerprint density at radius 3 is 2.78 bits per heavy atom. The molecule has 1 aromatic carbocycles. The van der Waals surface area contributed by atoms with Crippen LogP contribution >= 0.6 is 0 Å². The predicted octanol–water partition coefficient (Wildman–Crippen LogP) is 4.32. The third-order valence-electron chi connectivity index (χ3n) is 3.49. The molecular formula is C16H25NO. The largest absolute Gasteiger partial charge is 0.493 e. The van der Waals surface area contributed by atoms with Crippen molar-refractivity contribution >= 4 is 5.69 Å². The average molecular weight is 247 g/mol. The number of benzene rings is 1. The molecule has 0 bridgehead atoms. The van der Waals surface area contributed by atoms with Crippen LogP contribution in [0.15, 0.2) is 24.3 Å². The van der Waals surface area contributed by atoms with Crippen LogP contribution < -0.4 is 10.1 Å². The lowest BCUT2D eigenvalue weighted by Gasteiger charge is -2.13. The van der Waals surface area contributed by atoms with Crippen LogP contribution in [-0.4, -0.2) is 13.2 Å². The Morgan fingerprint density at radius 2 is 2.06 bits per heavy atom. The van der Waals surface area contributed by atoms with Crippen molar-refractivity contribution in [1.29, 1.82) is 0 Å². The molecule has 0 spiro atoms. The maximum atomic E-state index is 5.74. The summed E-state index contributed by atoms with van der Waals surface area (Å²) in [4.78, 5) is 0. The van der Waals surface area contributed by atoms with Crippen LogP contribution in [0.2, 0.25) is 0 Å². The van der Waals surface area contributed by atoms with Gasteiger partial charge in [0, 0.05) is 18.3 Å². The van der Waals surface area contributed by atoms with E-state index >= 15 is 0 Å². The number of rotatable bonds is 6. The van der Waals surface area contributed by atoms with Crippen molar-refractivity contribution in [2.75, 3.05) is 18.5 Å². The highest BCUT2D eigenvalue weighted by molar-refractivity contribution is 5.48. The zero-order valence-corrected chi connectivity index (χ0v) is 11.6. The lowest BCUT2D eigenvalue weighted by molar-refractivity contribution is 0.271. The molecule has 1 aromatic rings. The molecule has 1 aliphatic rings. The van der Waals surface area contributed by atoms with Gasteiger partial charge in [0.15, 0.2) is 0 Å². The summed E-state index contributed by atoms with van der Waals surface area (Å²) >= 11 is 0. The van der Waals surface area contributed by atoms with Crippen molar-refractivity contribution in [2.24, 2.45) is 11.8 Å². The monoisotopic (exact) mass is 247 g/mol. The van der Waals surface area contributed by atoms with E-state index in [4.69, 9.17) is 4.74 Å². The van der Waals surface area contributed by atoms with Crippen molar-refractivity contribution in [3.05, 3.63) is 24.3 Å². The SMILES string of the molecule is CC(C)COc1cccc(NCC2CCCC2)c1. The molecule has 1 aliphatic carbocycles. The van der Waals surface area contributed by atoms with Crippen LogP contribution in [0.4, 0.5) is 5.69 Å². The maximum Gasteiger partial charge on any atom is 0.121 e. The third-order valence-corrected chi connectivity index (χ3v) is 3.49. The van der Waals surface area contributed by atoms with E-state index in [1.54, 1.807) is 0 Å². The van der Waals surface area contributed by atoms with Gasteiger partial charge in [-0.1, -0.05) is 32.8 Å². The molecule has 100 valence electrons. The molecule has 0 radical (unpaired) electrons. The van der Waals surface area contributed by atoms with Crippen LogP contribution in [0.5, 0.6) is 5.75 Å². The lowest BCUT2D eigenvalue weighted by atomic mass is 10.1. The van der Waals surface area contributed by atoms with E-state index < -0.39 is 0 Å². The fourth-order valence-corrected chi connectivity index (χ4v) is 2.44. The Morgan fingerprint density at radius 1 is 1.28 bits per heavy atom. The fourth-order valence-electron chi connectivity index (χ4n) is 2.44. The van der Waals surface area contributed by atoms with Gasteiger partial charge in [-0.05, 0) is 36.8 Å². The van der Waals surface area contributed by atoms with Gasteiger partial charge in [0.05, 0.1) is 6.61 Å². The number of hydrogen-bond acceptors (Lipinski definition) is 2. The van der Waals surface area contributed by atoms with Crippen molar-refractivity contribution in [3.8, 4) is 5.75 Å². The summed E-state index contributed by atoms with van der Waals surface area (Å²) in [6.07, 6.45) is 5.58. The van der Waals surface area contributed by atoms with Gasteiger partial charge in [0.25, 0.3) is 0 Å². The highest BCUT2D eigenvalue weighted by Gasteiger charge is 2.14. The quantitative estimate of drug-likeness (QED) is 0.808. The maximum absolute atomic E-state index is 5.74. The molecule has 1 saturated carbocycles. The highest BCUT2D eigenvalue weighted by atomic mass is 16.5. The minimum atomic E-state index is 0.570. The molecule has 0 atom stereocenters. The first-order chi connectivity index (χ1) is 8.74. The van der Waals surface area contributed by atoms with Crippen LogP contribution in [-0.2, 0) is 0 Å². The minimum Gasteiger partial charge on any atom is -0.493 e. The summed E-state index contributed by atoms with van der Waals surface area (Å²) in [6.45, 7) is 6.23. The van der Waals surface area contributed by atoms with E-state index in [1.807, 2.05) is 6.07 Å². The molecule has 1 N–H and O–H groups in total. The van der Waals surface area contributed by atoms with Gasteiger partial charge in [0.2, 0.25) is 0 Å². The Bertz CT molecular complexity index is 356. The number of anilines is 1. The van der Waals surface area contributed by atoms with E-state index in [-0.39, 0.29) is 0 Å². The first-order valence-electron chi connectivity index (χ1n) is 7.21. The zero-order chi connectivity index (χ0) is 12.8. The third kappa shape index (κ3) is 4.25. The van der Waals surface area contributed by atoms with Crippen molar-refractivity contribution in [3.63, 3.8) is 0 Å². The molecule has 2 rings (SSSR count). The molecule has 0 aliphatic heterocycles. The molecule has 0 aromatic heterocycles. The standard InChI is InChI=1S/C16H25NO/c1-13(2)12-18-16-9-5-8-15(10-16)17-11-14-6-3-4-7-14/h5,8-10,13-14,17H,3-4,6-7,11-12H2,1-2H3. The second-order valence-corrected chi connectivity index (χ2v) is 5.76. The van der Waals surface area contributed by atoms with Gasteiger partial charge >= 0.3 is 0 Å². The molecule has 0 heterocycles. The lowest BCUT2D eigenvalue weighted by Crippen LogP contribution is -2.11. The first-order valence-corrected chi connectivity index (χ1v) is 7.21. The van der Waals surface area contributed by atoms with E-state index in [1.165, 1.54) is 31.4 Å². The van der Waals surface area contributed by atoms with Gasteiger partial charge in [-0.15, -0.1) is 0 Å². The molecule has 2 nitrogen and oxygen atoms in total. The van der Waals surface area contributed by atoms with E-state index in [2.05, 4.69) is 37.4 Å². The van der Waals surface area contributed by atoms with Crippen molar-refractivity contribution in [1.82, 2.24) is 0 Å². The molecule has 0 saturated heterocycles. The predicted molar refractivity (Wildman–Crippen MR) is 77.2 cm³/mol. The van der Waals surface area contributed by atoms with Gasteiger partial charge < -0.3 is 10.1 Å². The van der Waals surface area contributed by atoms with Crippen LogP contribution in [0.1, 0.15) is 39.5 Å². The summed E-state index contributed by atoms with van der Waals surface area (Å²) in [5.74, 6) is 2.41. The van der Waals surface area contributed by atoms with Crippen LogP contribution in [0, 0.1) is 11.8 Å². The van der Waals surface area contributed by atoms with Crippen LogP contribution in [0.3, 0.4) is 0 Å². The smallest absolute Gasteiger partial charge is 0.121 e. The molecule has 0 unspecified atom stereocenters. The molecule has 0 amide bonds. The van der Waals surface area contributed by atoms with Crippen LogP contribution in [0.25, 0.3) is 0 Å². The Labute approximate surface area is 111 Å². The number of nitrogens with one attached hydrogen (secondary N) is 1. The highest BCUT2D eigenvalue weighted by Crippen LogP contribution is 2.25. The normalized spacial score (nSPS) is 16.2. The molecule has 1 fully saturated rings. The average Bonchev–Trinajstić information content (AvgIpc) is 2.87. The second-order valence-electron chi connectivity index (χ2n) is 5.76. The Balaban J connectivity index is 1.82. The van der Waals surface area contributed by atoms with Gasteiger partial charge in [-0.25, -0.2) is 0 Å². The number of ether oxygens (including phenoxy) is 1. The van der Waals surface area contributed by atoms with E-state index in [9.17, 15) is 0 Å². The first kappa shape index (κ1) is 13.3.